The second-order valence-corrected chi connectivity index (χ2v) is 7.80. The maximum Gasteiger partial charge on any atom is 0.377 e. The van der Waals surface area contributed by atoms with Gasteiger partial charge >= 0.3 is 17.9 Å². The van der Waals surface area contributed by atoms with Crippen LogP contribution in [0.1, 0.15) is 27.8 Å². The molecule has 1 aromatic heterocycles. The molecule has 2 aromatic carbocycles. The van der Waals surface area contributed by atoms with E-state index in [-0.39, 0.29) is 36.0 Å². The van der Waals surface area contributed by atoms with E-state index in [1.165, 1.54) is 14.2 Å². The van der Waals surface area contributed by atoms with Crippen LogP contribution in [0.25, 0.3) is 11.0 Å². The molecule has 0 aliphatic rings. The Balaban J connectivity index is 0.000000237. The van der Waals surface area contributed by atoms with Gasteiger partial charge in [-0.2, -0.15) is 0 Å². The summed E-state index contributed by atoms with van der Waals surface area (Å²) in [5, 5.41) is 10.2. The molecule has 0 bridgehead atoms. The normalized spacial score (nSPS) is 10.1. The monoisotopic (exact) mass is 586 g/mol. The van der Waals surface area contributed by atoms with Gasteiger partial charge in [-0.25, -0.2) is 14.4 Å². The number of esters is 3. The Bertz CT molecular complexity index is 1150. The minimum absolute atomic E-state index is 0.181. The highest BCUT2D eigenvalue weighted by Gasteiger charge is 2.21. The molecule has 0 aliphatic carbocycles. The summed E-state index contributed by atoms with van der Waals surface area (Å²) in [5.41, 5.74) is 0.673. The fourth-order valence-corrected chi connectivity index (χ4v) is 3.49. The fraction of sp³-hybridized carbons (Fsp3) is 0.227. The van der Waals surface area contributed by atoms with Crippen molar-refractivity contribution in [2.24, 2.45) is 0 Å². The summed E-state index contributed by atoms with van der Waals surface area (Å²) >= 11 is 6.51. The lowest BCUT2D eigenvalue weighted by Crippen LogP contribution is -2.16. The Morgan fingerprint density at radius 1 is 0.970 bits per heavy atom. The molecule has 0 aliphatic heterocycles. The number of para-hydroxylation sites is 2. The summed E-state index contributed by atoms with van der Waals surface area (Å²) < 4.78 is 25.6. The highest BCUT2D eigenvalue weighted by molar-refractivity contribution is 9.11. The first-order valence-corrected chi connectivity index (χ1v) is 11.0. The number of hydrogen-bond acceptors (Lipinski definition) is 9. The Hall–Kier alpha value is -3.05. The quantitative estimate of drug-likeness (QED) is 0.318. The first kappa shape index (κ1) is 26.2. The van der Waals surface area contributed by atoms with Gasteiger partial charge in [0, 0.05) is 0 Å². The molecule has 11 heteroatoms. The number of furan rings is 1. The predicted molar refractivity (Wildman–Crippen MR) is 125 cm³/mol. The van der Waals surface area contributed by atoms with Gasteiger partial charge in [-0.05, 0) is 63.0 Å². The minimum Gasteiger partial charge on any atom is -0.504 e. The van der Waals surface area contributed by atoms with Crippen molar-refractivity contribution in [3.05, 3.63) is 56.7 Å². The summed E-state index contributed by atoms with van der Waals surface area (Å²) in [6.45, 7) is 1.72. The Morgan fingerprint density at radius 3 is 2.21 bits per heavy atom. The van der Waals surface area contributed by atoms with Gasteiger partial charge in [0.05, 0.1) is 35.2 Å². The summed E-state index contributed by atoms with van der Waals surface area (Å²) in [7, 11) is 2.50. The van der Waals surface area contributed by atoms with E-state index in [1.807, 2.05) is 0 Å². The molecule has 0 spiro atoms. The zero-order valence-electron chi connectivity index (χ0n) is 17.8. The van der Waals surface area contributed by atoms with Gasteiger partial charge in [0.15, 0.2) is 17.9 Å². The third kappa shape index (κ3) is 6.48. The number of fused-ring (bicyclic) bond motifs is 1. The Labute approximate surface area is 205 Å². The number of methoxy groups -OCH3 is 2. The number of ether oxygens (including phenoxy) is 4. The van der Waals surface area contributed by atoms with Gasteiger partial charge < -0.3 is 28.5 Å². The number of rotatable bonds is 6. The smallest absolute Gasteiger partial charge is 0.377 e. The minimum atomic E-state index is -0.699. The molecule has 0 radical (unpaired) electrons. The molecule has 33 heavy (non-hydrogen) atoms. The number of halogens is 2. The van der Waals surface area contributed by atoms with Gasteiger partial charge in [0.1, 0.15) is 11.3 Å². The highest BCUT2D eigenvalue weighted by atomic mass is 79.9. The second kappa shape index (κ2) is 12.3. The topological polar surface area (TPSA) is 122 Å². The molecule has 176 valence electrons. The van der Waals surface area contributed by atoms with E-state index in [9.17, 15) is 19.5 Å². The van der Waals surface area contributed by atoms with Crippen LogP contribution >= 0.6 is 31.9 Å². The van der Waals surface area contributed by atoms with Crippen molar-refractivity contribution in [2.45, 2.75) is 6.92 Å². The number of carbonyl (C=O) groups excluding carboxylic acids is 3. The standard InChI is InChI=1S/C12H13BrO5.C10H7BrO4/c1-3-17-10(14)7-18-11-8(12(15)16-2)5-4-6-9(11)13;1-14-10(13)9-7(12)5-3-2-4-6(11)8(5)15-9/h4-6H,3,7H2,1-2H3;2-4,12H,1H3. The lowest BCUT2D eigenvalue weighted by atomic mass is 10.2. The first-order valence-electron chi connectivity index (χ1n) is 9.38. The van der Waals surface area contributed by atoms with Crippen molar-refractivity contribution < 1.29 is 42.9 Å². The molecule has 0 saturated carbocycles. The lowest BCUT2D eigenvalue weighted by Gasteiger charge is -2.11. The Kier molecular flexibility index (Phi) is 9.74. The molecule has 1 N–H and O–H groups in total. The van der Waals surface area contributed by atoms with Crippen molar-refractivity contribution >= 4 is 60.7 Å². The zero-order valence-corrected chi connectivity index (χ0v) is 21.0. The predicted octanol–water partition coefficient (Wildman–Crippen LogP) is 4.87. The van der Waals surface area contributed by atoms with Crippen LogP contribution in [0.15, 0.2) is 49.8 Å². The summed E-state index contributed by atoms with van der Waals surface area (Å²) in [6, 6.07) is 10.1. The number of benzene rings is 2. The third-order valence-corrected chi connectivity index (χ3v) is 5.27. The lowest BCUT2D eigenvalue weighted by molar-refractivity contribution is -0.145. The third-order valence-electron chi connectivity index (χ3n) is 4.02. The van der Waals surface area contributed by atoms with Crippen molar-refractivity contribution in [1.82, 2.24) is 0 Å². The SMILES string of the molecule is CCOC(=O)COc1c(Br)cccc1C(=O)OC.COC(=O)c1oc2c(Br)cccc2c1O. The number of aromatic hydroxyl groups is 1. The molecular formula is C22H20Br2O9. The van der Waals surface area contributed by atoms with Gasteiger partial charge in [-0.1, -0.05) is 12.1 Å². The van der Waals surface area contributed by atoms with Gasteiger partial charge in [-0.15, -0.1) is 0 Å². The van der Waals surface area contributed by atoms with Crippen LogP contribution < -0.4 is 4.74 Å². The van der Waals surface area contributed by atoms with Gasteiger partial charge in [0.25, 0.3) is 5.76 Å². The number of hydrogen-bond donors (Lipinski definition) is 1. The summed E-state index contributed by atoms with van der Waals surface area (Å²) in [4.78, 5) is 33.9. The Morgan fingerprint density at radius 2 is 1.61 bits per heavy atom. The van der Waals surface area contributed by atoms with E-state index in [1.54, 1.807) is 43.3 Å². The second-order valence-electron chi connectivity index (χ2n) is 6.09. The van der Waals surface area contributed by atoms with E-state index >= 15 is 0 Å². The van der Waals surface area contributed by atoms with Crippen molar-refractivity contribution in [2.75, 3.05) is 27.4 Å². The van der Waals surface area contributed by atoms with Crippen molar-refractivity contribution in [3.63, 3.8) is 0 Å². The van der Waals surface area contributed by atoms with Crippen LogP contribution in [0.3, 0.4) is 0 Å². The molecule has 0 amide bonds. The molecule has 0 unspecified atom stereocenters. The van der Waals surface area contributed by atoms with Crippen LogP contribution in [-0.4, -0.2) is 50.4 Å². The van der Waals surface area contributed by atoms with E-state index < -0.39 is 17.9 Å². The largest absolute Gasteiger partial charge is 0.504 e. The van der Waals surface area contributed by atoms with Crippen molar-refractivity contribution in [3.8, 4) is 11.5 Å². The van der Waals surface area contributed by atoms with Crippen LogP contribution in [-0.2, 0) is 19.0 Å². The molecule has 9 nitrogen and oxygen atoms in total. The first-order chi connectivity index (χ1) is 15.7. The number of carbonyl (C=O) groups is 3. The molecule has 0 saturated heterocycles. The highest BCUT2D eigenvalue weighted by Crippen LogP contribution is 2.36. The van der Waals surface area contributed by atoms with Crippen molar-refractivity contribution in [1.29, 1.82) is 0 Å². The molecule has 0 atom stereocenters. The van der Waals surface area contributed by atoms with E-state index in [0.29, 0.717) is 19.9 Å². The van der Waals surface area contributed by atoms with Crippen LogP contribution in [0.4, 0.5) is 0 Å². The van der Waals surface area contributed by atoms with Crippen LogP contribution in [0.2, 0.25) is 0 Å². The molecular weight excluding hydrogens is 568 g/mol. The molecule has 0 fully saturated rings. The van der Waals surface area contributed by atoms with E-state index in [0.717, 1.165) is 0 Å². The zero-order chi connectivity index (χ0) is 24.5. The molecule has 1 heterocycles. The van der Waals surface area contributed by atoms with Crippen LogP contribution in [0.5, 0.6) is 11.5 Å². The average molecular weight is 588 g/mol. The van der Waals surface area contributed by atoms with E-state index in [2.05, 4.69) is 41.3 Å². The van der Waals surface area contributed by atoms with Gasteiger partial charge in [0.2, 0.25) is 0 Å². The molecule has 3 rings (SSSR count). The summed E-state index contributed by atoms with van der Waals surface area (Å²) in [6.07, 6.45) is 0. The van der Waals surface area contributed by atoms with Gasteiger partial charge in [-0.3, -0.25) is 0 Å². The fourth-order valence-electron chi connectivity index (χ4n) is 2.56. The average Bonchev–Trinajstić information content (AvgIpc) is 3.15. The maximum absolute atomic E-state index is 11.5. The summed E-state index contributed by atoms with van der Waals surface area (Å²) in [5.74, 6) is -1.84. The maximum atomic E-state index is 11.5. The van der Waals surface area contributed by atoms with E-state index in [4.69, 9.17) is 13.9 Å². The molecule has 3 aromatic rings. The van der Waals surface area contributed by atoms with Crippen LogP contribution in [0, 0.1) is 0 Å².